The Morgan fingerprint density at radius 3 is 2.61 bits per heavy atom. The van der Waals surface area contributed by atoms with Gasteiger partial charge in [0.25, 0.3) is 0 Å². The molecule has 0 fully saturated rings. The van der Waals surface area contributed by atoms with Gasteiger partial charge in [-0.15, -0.1) is 0 Å². The van der Waals surface area contributed by atoms with Crippen LogP contribution in [0.3, 0.4) is 0 Å². The Morgan fingerprint density at radius 2 is 2.06 bits per heavy atom. The molecule has 4 nitrogen and oxygen atoms in total. The minimum Gasteiger partial charge on any atom is -0.357 e. The van der Waals surface area contributed by atoms with Crippen molar-refractivity contribution in [3.8, 4) is 0 Å². The second-order valence-electron chi connectivity index (χ2n) is 3.81. The highest BCUT2D eigenvalue weighted by atomic mass is 35.5. The zero-order chi connectivity index (χ0) is 13.9. The van der Waals surface area contributed by atoms with Gasteiger partial charge in [-0.25, -0.2) is 4.98 Å². The van der Waals surface area contributed by atoms with E-state index in [0.29, 0.717) is 17.4 Å². The summed E-state index contributed by atoms with van der Waals surface area (Å²) in [5.74, 6) is 0.290. The first-order valence-corrected chi connectivity index (χ1v) is 6.53. The van der Waals surface area contributed by atoms with E-state index in [9.17, 15) is 4.79 Å². The zero-order valence-electron chi connectivity index (χ0n) is 10.3. The van der Waals surface area contributed by atoms with E-state index in [1.54, 1.807) is 18.9 Å². The molecule has 0 aromatic carbocycles. The van der Waals surface area contributed by atoms with E-state index in [1.807, 2.05) is 6.92 Å². The van der Waals surface area contributed by atoms with Crippen molar-refractivity contribution in [1.82, 2.24) is 9.88 Å². The highest BCUT2D eigenvalue weighted by Crippen LogP contribution is 2.29. The third-order valence-electron chi connectivity index (χ3n) is 2.46. The van der Waals surface area contributed by atoms with E-state index in [0.717, 1.165) is 0 Å². The molecule has 0 saturated heterocycles. The number of nitrogens with one attached hydrogen (secondary N) is 1. The molecule has 1 amide bonds. The number of rotatable bonds is 4. The third-order valence-corrected chi connectivity index (χ3v) is 3.42. The van der Waals surface area contributed by atoms with E-state index in [2.05, 4.69) is 10.3 Å². The maximum Gasteiger partial charge on any atom is 0.244 e. The number of carbonyl (C=O) groups excluding carboxylic acids is 1. The molecule has 0 aliphatic rings. The van der Waals surface area contributed by atoms with Crippen molar-refractivity contribution in [1.29, 1.82) is 0 Å². The number of carbonyl (C=O) groups is 1. The van der Waals surface area contributed by atoms with E-state index in [-0.39, 0.29) is 16.1 Å². The summed E-state index contributed by atoms with van der Waals surface area (Å²) < 4.78 is 0. The molecule has 1 aromatic rings. The van der Waals surface area contributed by atoms with Crippen LogP contribution in [0.5, 0.6) is 0 Å². The predicted octanol–water partition coefficient (Wildman–Crippen LogP) is 3.32. The molecule has 0 saturated carbocycles. The Labute approximate surface area is 121 Å². The summed E-state index contributed by atoms with van der Waals surface area (Å²) in [6, 6.07) is 1.04. The molecule has 7 heteroatoms. The number of likely N-dealkylation sites (N-methyl/N-ethyl adjacent to an activating group) is 1. The first-order valence-electron chi connectivity index (χ1n) is 5.39. The van der Waals surface area contributed by atoms with Crippen molar-refractivity contribution in [2.24, 2.45) is 0 Å². The van der Waals surface area contributed by atoms with Crippen molar-refractivity contribution in [2.45, 2.75) is 19.9 Å². The van der Waals surface area contributed by atoms with Crippen LogP contribution in [0.2, 0.25) is 15.2 Å². The molecule has 0 aliphatic heterocycles. The highest BCUT2D eigenvalue weighted by Gasteiger charge is 2.18. The van der Waals surface area contributed by atoms with Crippen LogP contribution in [0.25, 0.3) is 0 Å². The smallest absolute Gasteiger partial charge is 0.244 e. The Balaban J connectivity index is 2.85. The van der Waals surface area contributed by atoms with E-state index in [4.69, 9.17) is 34.8 Å². The lowest BCUT2D eigenvalue weighted by Crippen LogP contribution is -2.39. The molecule has 1 rings (SSSR count). The summed E-state index contributed by atoms with van der Waals surface area (Å²) >= 11 is 17.5. The Kier molecular flexibility index (Phi) is 5.50. The average molecular weight is 311 g/mol. The number of hydrogen-bond donors (Lipinski definition) is 1. The summed E-state index contributed by atoms with van der Waals surface area (Å²) in [5.41, 5.74) is 0. The highest BCUT2D eigenvalue weighted by molar-refractivity contribution is 6.42. The van der Waals surface area contributed by atoms with Crippen molar-refractivity contribution < 1.29 is 4.79 Å². The Bertz CT molecular complexity index is 453. The molecule has 1 unspecified atom stereocenters. The lowest BCUT2D eigenvalue weighted by Gasteiger charge is -2.21. The standard InChI is InChI=1S/C11H14Cl3N3O/c1-4-17(3)11(18)6(2)15-10-8(13)5-7(12)9(14)16-10/h5-6H,4H2,1-3H3,(H,15,16). The second-order valence-corrected chi connectivity index (χ2v) is 4.98. The molecular weight excluding hydrogens is 296 g/mol. The van der Waals surface area contributed by atoms with Gasteiger partial charge in [-0.05, 0) is 19.9 Å². The predicted molar refractivity (Wildman–Crippen MR) is 75.7 cm³/mol. The lowest BCUT2D eigenvalue weighted by atomic mass is 10.3. The number of halogens is 3. The van der Waals surface area contributed by atoms with Gasteiger partial charge in [0.1, 0.15) is 17.0 Å². The van der Waals surface area contributed by atoms with Crippen molar-refractivity contribution in [3.63, 3.8) is 0 Å². The first-order chi connectivity index (χ1) is 8.36. The van der Waals surface area contributed by atoms with E-state index >= 15 is 0 Å². The number of anilines is 1. The van der Waals surface area contributed by atoms with Crippen LogP contribution in [0.15, 0.2) is 6.07 Å². The van der Waals surface area contributed by atoms with Crippen LogP contribution in [0.4, 0.5) is 5.82 Å². The summed E-state index contributed by atoms with van der Waals surface area (Å²) in [6.07, 6.45) is 0. The van der Waals surface area contributed by atoms with Gasteiger partial charge in [-0.1, -0.05) is 34.8 Å². The SMILES string of the molecule is CCN(C)C(=O)C(C)Nc1nc(Cl)c(Cl)cc1Cl. The number of aromatic nitrogens is 1. The average Bonchev–Trinajstić information content (AvgIpc) is 2.33. The minimum atomic E-state index is -0.447. The Hall–Kier alpha value is -0.710. The maximum atomic E-state index is 11.9. The number of hydrogen-bond acceptors (Lipinski definition) is 3. The van der Waals surface area contributed by atoms with Crippen LogP contribution in [-0.2, 0) is 4.79 Å². The van der Waals surface area contributed by atoms with E-state index < -0.39 is 6.04 Å². The molecule has 0 spiro atoms. The molecule has 0 radical (unpaired) electrons. The fourth-order valence-electron chi connectivity index (χ4n) is 1.30. The van der Waals surface area contributed by atoms with Gasteiger partial charge < -0.3 is 10.2 Å². The van der Waals surface area contributed by atoms with Gasteiger partial charge in [0, 0.05) is 13.6 Å². The maximum absolute atomic E-state index is 11.9. The van der Waals surface area contributed by atoms with Crippen LogP contribution < -0.4 is 5.32 Å². The monoisotopic (exact) mass is 309 g/mol. The quantitative estimate of drug-likeness (QED) is 0.868. The van der Waals surface area contributed by atoms with Crippen molar-refractivity contribution in [2.75, 3.05) is 18.9 Å². The third kappa shape index (κ3) is 3.64. The normalized spacial score (nSPS) is 12.1. The van der Waals surface area contributed by atoms with Crippen molar-refractivity contribution >= 4 is 46.5 Å². The molecule has 1 heterocycles. The molecule has 100 valence electrons. The number of nitrogens with zero attached hydrogens (tertiary/aromatic N) is 2. The molecule has 1 N–H and O–H groups in total. The van der Waals surface area contributed by atoms with Crippen LogP contribution in [0, 0.1) is 0 Å². The van der Waals surface area contributed by atoms with Gasteiger partial charge >= 0.3 is 0 Å². The fourth-order valence-corrected chi connectivity index (χ4v) is 1.85. The summed E-state index contributed by atoms with van der Waals surface area (Å²) in [7, 11) is 1.73. The minimum absolute atomic E-state index is 0.0542. The van der Waals surface area contributed by atoms with Gasteiger partial charge in [-0.3, -0.25) is 4.79 Å². The molecule has 0 bridgehead atoms. The van der Waals surface area contributed by atoms with E-state index in [1.165, 1.54) is 6.07 Å². The number of amides is 1. The lowest BCUT2D eigenvalue weighted by molar-refractivity contribution is -0.130. The second kappa shape index (κ2) is 6.45. The first kappa shape index (κ1) is 15.3. The topological polar surface area (TPSA) is 45.2 Å². The largest absolute Gasteiger partial charge is 0.357 e. The summed E-state index contributed by atoms with van der Waals surface area (Å²) in [4.78, 5) is 17.5. The fraction of sp³-hybridized carbons (Fsp3) is 0.455. The van der Waals surface area contributed by atoms with Gasteiger partial charge in [0.15, 0.2) is 0 Å². The Morgan fingerprint density at radius 1 is 1.44 bits per heavy atom. The zero-order valence-corrected chi connectivity index (χ0v) is 12.6. The molecule has 0 aliphatic carbocycles. The van der Waals surface area contributed by atoms with Crippen LogP contribution in [0.1, 0.15) is 13.8 Å². The molecule has 1 atom stereocenters. The molecule has 1 aromatic heterocycles. The van der Waals surface area contributed by atoms with Crippen LogP contribution in [-0.4, -0.2) is 35.4 Å². The molecule has 18 heavy (non-hydrogen) atoms. The van der Waals surface area contributed by atoms with Gasteiger partial charge in [-0.2, -0.15) is 0 Å². The summed E-state index contributed by atoms with van der Waals surface area (Å²) in [5, 5.41) is 3.66. The number of pyridine rings is 1. The van der Waals surface area contributed by atoms with Gasteiger partial charge in [0.2, 0.25) is 5.91 Å². The summed E-state index contributed by atoms with van der Waals surface area (Å²) in [6.45, 7) is 4.26. The van der Waals surface area contributed by atoms with Crippen LogP contribution >= 0.6 is 34.8 Å². The van der Waals surface area contributed by atoms with Gasteiger partial charge in [0.05, 0.1) is 10.0 Å². The molecular formula is C11H14Cl3N3O. The van der Waals surface area contributed by atoms with Crippen molar-refractivity contribution in [3.05, 3.63) is 21.3 Å².